The lowest BCUT2D eigenvalue weighted by atomic mass is 10.6. The molecule has 0 aromatic carbocycles. The SMILES string of the molecule is OCC#CCOCCOCCO. The van der Waals surface area contributed by atoms with Gasteiger partial charge in [0.2, 0.25) is 0 Å². The quantitative estimate of drug-likeness (QED) is 0.401. The van der Waals surface area contributed by atoms with Crippen LogP contribution in [0.25, 0.3) is 0 Å². The number of hydrogen-bond acceptors (Lipinski definition) is 4. The van der Waals surface area contributed by atoms with Crippen LogP contribution in [-0.2, 0) is 9.47 Å². The molecule has 0 heterocycles. The molecule has 0 saturated carbocycles. The Morgan fingerprint density at radius 1 is 0.917 bits per heavy atom. The molecule has 70 valence electrons. The highest BCUT2D eigenvalue weighted by molar-refractivity contribution is 4.98. The van der Waals surface area contributed by atoms with Crippen LogP contribution >= 0.6 is 0 Å². The van der Waals surface area contributed by atoms with Crippen molar-refractivity contribution < 1.29 is 19.7 Å². The molecule has 0 fully saturated rings. The molecule has 0 aromatic rings. The van der Waals surface area contributed by atoms with Gasteiger partial charge in [0, 0.05) is 0 Å². The van der Waals surface area contributed by atoms with Crippen molar-refractivity contribution in [2.75, 3.05) is 39.6 Å². The Hall–Kier alpha value is -0.600. The Labute approximate surface area is 72.1 Å². The van der Waals surface area contributed by atoms with Crippen molar-refractivity contribution in [3.63, 3.8) is 0 Å². The second kappa shape index (κ2) is 10.4. The van der Waals surface area contributed by atoms with Crippen LogP contribution in [0.1, 0.15) is 0 Å². The fourth-order valence-corrected chi connectivity index (χ4v) is 0.515. The van der Waals surface area contributed by atoms with Crippen LogP contribution in [0.4, 0.5) is 0 Å². The summed E-state index contributed by atoms with van der Waals surface area (Å²) in [6, 6.07) is 0. The van der Waals surface area contributed by atoms with Gasteiger partial charge in [-0.05, 0) is 0 Å². The van der Waals surface area contributed by atoms with Crippen molar-refractivity contribution in [2.24, 2.45) is 0 Å². The van der Waals surface area contributed by atoms with Crippen molar-refractivity contribution >= 4 is 0 Å². The van der Waals surface area contributed by atoms with Gasteiger partial charge in [-0.1, -0.05) is 11.8 Å². The van der Waals surface area contributed by atoms with Crippen LogP contribution in [0, 0.1) is 11.8 Å². The molecule has 0 amide bonds. The van der Waals surface area contributed by atoms with Crippen molar-refractivity contribution in [3.05, 3.63) is 0 Å². The highest BCUT2D eigenvalue weighted by atomic mass is 16.5. The summed E-state index contributed by atoms with van der Waals surface area (Å²) < 4.78 is 9.91. The van der Waals surface area contributed by atoms with Gasteiger partial charge in [0.25, 0.3) is 0 Å². The predicted octanol–water partition coefficient (Wildman–Crippen LogP) is -0.992. The average molecular weight is 174 g/mol. The zero-order chi connectivity index (χ0) is 9.07. The first-order valence-electron chi connectivity index (χ1n) is 3.74. The van der Waals surface area contributed by atoms with E-state index in [2.05, 4.69) is 11.8 Å². The highest BCUT2D eigenvalue weighted by Gasteiger charge is 1.85. The molecule has 2 N–H and O–H groups in total. The fraction of sp³-hybridized carbons (Fsp3) is 0.750. The summed E-state index contributed by atoms with van der Waals surface area (Å²) in [5.74, 6) is 5.05. The van der Waals surface area contributed by atoms with Gasteiger partial charge in [0.05, 0.1) is 26.4 Å². The number of aliphatic hydroxyl groups excluding tert-OH is 2. The van der Waals surface area contributed by atoms with Crippen molar-refractivity contribution in [3.8, 4) is 11.8 Å². The summed E-state index contributed by atoms with van der Waals surface area (Å²) in [5, 5.41) is 16.6. The summed E-state index contributed by atoms with van der Waals surface area (Å²) in [4.78, 5) is 0. The van der Waals surface area contributed by atoms with Crippen molar-refractivity contribution in [1.82, 2.24) is 0 Å². The predicted molar refractivity (Wildman–Crippen MR) is 43.6 cm³/mol. The van der Waals surface area contributed by atoms with Crippen LogP contribution in [0.2, 0.25) is 0 Å². The molecular formula is C8H14O4. The van der Waals surface area contributed by atoms with E-state index in [4.69, 9.17) is 19.7 Å². The van der Waals surface area contributed by atoms with Crippen LogP contribution in [0.15, 0.2) is 0 Å². The maximum atomic E-state index is 8.32. The van der Waals surface area contributed by atoms with E-state index in [1.807, 2.05) is 0 Å². The zero-order valence-corrected chi connectivity index (χ0v) is 6.95. The maximum absolute atomic E-state index is 8.32. The Kier molecular flexibility index (Phi) is 9.88. The summed E-state index contributed by atoms with van der Waals surface area (Å²) in [6.45, 7) is 1.46. The maximum Gasteiger partial charge on any atom is 0.107 e. The molecule has 0 unspecified atom stereocenters. The number of hydrogen-bond donors (Lipinski definition) is 2. The van der Waals surface area contributed by atoms with Crippen LogP contribution in [0.5, 0.6) is 0 Å². The molecule has 0 aliphatic rings. The summed E-state index contributed by atoms with van der Waals surface area (Å²) >= 11 is 0. The topological polar surface area (TPSA) is 58.9 Å². The van der Waals surface area contributed by atoms with Gasteiger partial charge >= 0.3 is 0 Å². The van der Waals surface area contributed by atoms with E-state index in [0.29, 0.717) is 26.4 Å². The monoisotopic (exact) mass is 174 g/mol. The van der Waals surface area contributed by atoms with Gasteiger partial charge in [0.1, 0.15) is 13.2 Å². The van der Waals surface area contributed by atoms with E-state index in [1.54, 1.807) is 0 Å². The Morgan fingerprint density at radius 3 is 2.33 bits per heavy atom. The van der Waals surface area contributed by atoms with E-state index in [-0.39, 0.29) is 13.2 Å². The van der Waals surface area contributed by atoms with Crippen molar-refractivity contribution in [2.45, 2.75) is 0 Å². The first-order chi connectivity index (χ1) is 5.91. The standard InChI is InChI=1S/C8H14O4/c9-3-1-2-5-11-7-8-12-6-4-10/h9-10H,3-8H2. The van der Waals surface area contributed by atoms with E-state index in [0.717, 1.165) is 0 Å². The van der Waals surface area contributed by atoms with E-state index in [1.165, 1.54) is 0 Å². The molecule has 0 aromatic heterocycles. The van der Waals surface area contributed by atoms with E-state index in [9.17, 15) is 0 Å². The fourth-order valence-electron chi connectivity index (χ4n) is 0.515. The minimum Gasteiger partial charge on any atom is -0.394 e. The number of rotatable bonds is 6. The molecule has 0 rings (SSSR count). The van der Waals surface area contributed by atoms with Gasteiger partial charge in [-0.15, -0.1) is 0 Å². The Morgan fingerprint density at radius 2 is 1.67 bits per heavy atom. The van der Waals surface area contributed by atoms with E-state index < -0.39 is 0 Å². The molecule has 0 saturated heterocycles. The highest BCUT2D eigenvalue weighted by Crippen LogP contribution is 1.76. The van der Waals surface area contributed by atoms with Gasteiger partial charge in [0.15, 0.2) is 0 Å². The largest absolute Gasteiger partial charge is 0.394 e. The average Bonchev–Trinajstić information content (AvgIpc) is 2.10. The molecule has 0 aliphatic heterocycles. The van der Waals surface area contributed by atoms with E-state index >= 15 is 0 Å². The first kappa shape index (κ1) is 11.4. The lowest BCUT2D eigenvalue weighted by Gasteiger charge is -2.00. The van der Waals surface area contributed by atoms with Gasteiger partial charge in [-0.2, -0.15) is 0 Å². The second-order valence-electron chi connectivity index (χ2n) is 1.90. The minimum atomic E-state index is -0.135. The molecule has 0 aliphatic carbocycles. The molecular weight excluding hydrogens is 160 g/mol. The van der Waals surface area contributed by atoms with Gasteiger partial charge in [-0.25, -0.2) is 0 Å². The third-order valence-electron chi connectivity index (χ3n) is 0.986. The Balaban J connectivity index is 2.91. The zero-order valence-electron chi connectivity index (χ0n) is 6.95. The molecule has 0 radical (unpaired) electrons. The molecule has 4 nitrogen and oxygen atoms in total. The second-order valence-corrected chi connectivity index (χ2v) is 1.90. The molecule has 0 spiro atoms. The summed E-state index contributed by atoms with van der Waals surface area (Å²) in [7, 11) is 0. The molecule has 0 bridgehead atoms. The number of ether oxygens (including phenoxy) is 2. The molecule has 4 heteroatoms. The molecule has 12 heavy (non-hydrogen) atoms. The van der Waals surface area contributed by atoms with Crippen LogP contribution in [0.3, 0.4) is 0 Å². The molecule has 0 atom stereocenters. The van der Waals surface area contributed by atoms with Crippen molar-refractivity contribution in [1.29, 1.82) is 0 Å². The van der Waals surface area contributed by atoms with Crippen LogP contribution < -0.4 is 0 Å². The lowest BCUT2D eigenvalue weighted by Crippen LogP contribution is -2.07. The summed E-state index contributed by atoms with van der Waals surface area (Å²) in [6.07, 6.45) is 0. The van der Waals surface area contributed by atoms with Gasteiger partial charge in [-0.3, -0.25) is 0 Å². The normalized spacial score (nSPS) is 9.17. The minimum absolute atomic E-state index is 0.0321. The number of aliphatic hydroxyl groups is 2. The third-order valence-corrected chi connectivity index (χ3v) is 0.986. The first-order valence-corrected chi connectivity index (χ1v) is 3.74. The lowest BCUT2D eigenvalue weighted by molar-refractivity contribution is 0.0424. The van der Waals surface area contributed by atoms with Crippen LogP contribution in [-0.4, -0.2) is 49.9 Å². The smallest absolute Gasteiger partial charge is 0.107 e. The Bertz CT molecular complexity index is 136. The van der Waals surface area contributed by atoms with Gasteiger partial charge < -0.3 is 19.7 Å². The summed E-state index contributed by atoms with van der Waals surface area (Å²) in [5.41, 5.74) is 0. The third kappa shape index (κ3) is 9.40.